The van der Waals surface area contributed by atoms with E-state index in [0.29, 0.717) is 9.37 Å². The topological polar surface area (TPSA) is 108 Å². The predicted octanol–water partition coefficient (Wildman–Crippen LogP) is 3.52. The van der Waals surface area contributed by atoms with Gasteiger partial charge in [-0.05, 0) is 32.9 Å². The highest BCUT2D eigenvalue weighted by Crippen LogP contribution is 2.32. The zero-order valence-corrected chi connectivity index (χ0v) is 16.6. The lowest BCUT2D eigenvalue weighted by atomic mass is 10.2. The Balaban J connectivity index is 2.85. The first-order valence-electron chi connectivity index (χ1n) is 7.17. The fourth-order valence-corrected chi connectivity index (χ4v) is 3.05. The number of alkyl carbamates (subject to hydrolysis) is 1. The highest BCUT2D eigenvalue weighted by Gasteiger charge is 2.26. The van der Waals surface area contributed by atoms with Crippen LogP contribution in [-0.2, 0) is 14.3 Å². The molecule has 0 spiro atoms. The number of nitrogens with zero attached hydrogens (tertiary/aromatic N) is 1. The number of hydrogen-bond acceptors (Lipinski definition) is 7. The Hall–Kier alpha value is -1.81. The van der Waals surface area contributed by atoms with Gasteiger partial charge in [0.05, 0.1) is 16.9 Å². The molecule has 0 saturated heterocycles. The van der Waals surface area contributed by atoms with Gasteiger partial charge >= 0.3 is 12.1 Å². The van der Waals surface area contributed by atoms with Crippen LogP contribution < -0.4 is 5.32 Å². The standard InChI is InChI=1S/C15H19BrN2O6S/c1-15(2,3)24-14(20)17-10(13(19)23-4)8-25-12-6-5-9(16)7-11(12)18(21)22/h5-7,10H,8H2,1-4H3,(H,17,20)/t10-/m1/s1. The molecule has 1 aromatic rings. The molecule has 0 aliphatic rings. The van der Waals surface area contributed by atoms with E-state index < -0.39 is 28.6 Å². The molecular formula is C15H19BrN2O6S. The van der Waals surface area contributed by atoms with Gasteiger partial charge in [0.2, 0.25) is 0 Å². The molecule has 0 fully saturated rings. The Kier molecular flexibility index (Phi) is 7.68. The molecular weight excluding hydrogens is 416 g/mol. The zero-order chi connectivity index (χ0) is 19.2. The third-order valence-corrected chi connectivity index (χ3v) is 4.35. The number of carbonyl (C=O) groups is 2. The van der Waals surface area contributed by atoms with Gasteiger partial charge in [-0.1, -0.05) is 15.9 Å². The molecule has 0 saturated carbocycles. The summed E-state index contributed by atoms with van der Waals surface area (Å²) >= 11 is 4.24. The van der Waals surface area contributed by atoms with Crippen LogP contribution in [0.1, 0.15) is 20.8 Å². The minimum absolute atomic E-state index is 0.0500. The SMILES string of the molecule is COC(=O)[C@@H](CSc1ccc(Br)cc1[N+](=O)[O-])NC(=O)OC(C)(C)C. The van der Waals surface area contributed by atoms with Crippen LogP contribution in [0.2, 0.25) is 0 Å². The minimum Gasteiger partial charge on any atom is -0.467 e. The van der Waals surface area contributed by atoms with E-state index in [2.05, 4.69) is 26.0 Å². The summed E-state index contributed by atoms with van der Waals surface area (Å²) in [6.45, 7) is 5.08. The maximum atomic E-state index is 11.9. The quantitative estimate of drug-likeness (QED) is 0.315. The van der Waals surface area contributed by atoms with Crippen molar-refractivity contribution in [3.8, 4) is 0 Å². The molecule has 1 atom stereocenters. The number of nitro benzene ring substituents is 1. The first kappa shape index (κ1) is 21.2. The largest absolute Gasteiger partial charge is 0.467 e. The van der Waals surface area contributed by atoms with Crippen molar-refractivity contribution in [2.45, 2.75) is 37.3 Å². The van der Waals surface area contributed by atoms with Crippen LogP contribution in [0, 0.1) is 10.1 Å². The van der Waals surface area contributed by atoms with Crippen molar-refractivity contribution in [1.82, 2.24) is 5.32 Å². The molecule has 0 unspecified atom stereocenters. The lowest BCUT2D eigenvalue weighted by molar-refractivity contribution is -0.387. The number of halogens is 1. The summed E-state index contributed by atoms with van der Waals surface area (Å²) in [4.78, 5) is 34.7. The maximum absolute atomic E-state index is 11.9. The van der Waals surface area contributed by atoms with Gasteiger partial charge in [-0.2, -0.15) is 0 Å². The van der Waals surface area contributed by atoms with Crippen LogP contribution >= 0.6 is 27.7 Å². The van der Waals surface area contributed by atoms with Crippen LogP contribution in [0.4, 0.5) is 10.5 Å². The van der Waals surface area contributed by atoms with Crippen LogP contribution in [-0.4, -0.2) is 41.5 Å². The Labute approximate surface area is 157 Å². The third-order valence-electron chi connectivity index (χ3n) is 2.70. The smallest absolute Gasteiger partial charge is 0.408 e. The number of nitro groups is 1. The lowest BCUT2D eigenvalue weighted by Crippen LogP contribution is -2.45. The van der Waals surface area contributed by atoms with Gasteiger partial charge in [0, 0.05) is 16.3 Å². The average Bonchev–Trinajstić information content (AvgIpc) is 2.49. The van der Waals surface area contributed by atoms with E-state index in [0.717, 1.165) is 11.8 Å². The fourth-order valence-electron chi connectivity index (χ4n) is 1.69. The summed E-state index contributed by atoms with van der Waals surface area (Å²) in [5.41, 5.74) is -0.817. The molecule has 138 valence electrons. The van der Waals surface area contributed by atoms with Gasteiger partial charge in [0.25, 0.3) is 5.69 Å². The van der Waals surface area contributed by atoms with Gasteiger partial charge in [-0.15, -0.1) is 11.8 Å². The first-order chi connectivity index (χ1) is 11.5. The van der Waals surface area contributed by atoms with Crippen LogP contribution in [0.5, 0.6) is 0 Å². The van der Waals surface area contributed by atoms with Crippen LogP contribution in [0.15, 0.2) is 27.6 Å². The Morgan fingerprint density at radius 1 is 1.40 bits per heavy atom. The van der Waals surface area contributed by atoms with E-state index in [9.17, 15) is 19.7 Å². The molecule has 1 rings (SSSR count). The number of esters is 1. The number of amides is 1. The number of methoxy groups -OCH3 is 1. The predicted molar refractivity (Wildman–Crippen MR) is 96.7 cm³/mol. The van der Waals surface area contributed by atoms with Gasteiger partial charge < -0.3 is 14.8 Å². The normalized spacial score (nSPS) is 12.2. The number of carbonyl (C=O) groups excluding carboxylic acids is 2. The number of nitrogens with one attached hydrogen (secondary N) is 1. The first-order valence-corrected chi connectivity index (χ1v) is 8.95. The van der Waals surface area contributed by atoms with Gasteiger partial charge in [0.1, 0.15) is 11.6 Å². The van der Waals surface area contributed by atoms with Crippen molar-refractivity contribution in [3.05, 3.63) is 32.8 Å². The van der Waals surface area contributed by atoms with Crippen molar-refractivity contribution >= 4 is 45.4 Å². The molecule has 1 N–H and O–H groups in total. The Bertz CT molecular complexity index is 662. The summed E-state index contributed by atoms with van der Waals surface area (Å²) in [5, 5.41) is 13.6. The summed E-state index contributed by atoms with van der Waals surface area (Å²) in [6.07, 6.45) is -0.770. The molecule has 10 heteroatoms. The van der Waals surface area contributed by atoms with Gasteiger partial charge in [0.15, 0.2) is 0 Å². The second-order valence-corrected chi connectivity index (χ2v) is 7.88. The summed E-state index contributed by atoms with van der Waals surface area (Å²) in [6, 6.07) is 3.59. The molecule has 0 bridgehead atoms. The molecule has 25 heavy (non-hydrogen) atoms. The average molecular weight is 435 g/mol. The van der Waals surface area contributed by atoms with Crippen molar-refractivity contribution in [2.24, 2.45) is 0 Å². The zero-order valence-electron chi connectivity index (χ0n) is 14.2. The van der Waals surface area contributed by atoms with E-state index in [1.807, 2.05) is 0 Å². The number of hydrogen-bond donors (Lipinski definition) is 1. The molecule has 0 aromatic heterocycles. The number of thioether (sulfide) groups is 1. The minimum atomic E-state index is -1.01. The van der Waals surface area contributed by atoms with E-state index in [1.165, 1.54) is 13.2 Å². The summed E-state index contributed by atoms with van der Waals surface area (Å²) in [7, 11) is 1.19. The highest BCUT2D eigenvalue weighted by molar-refractivity contribution is 9.10. The molecule has 0 aliphatic heterocycles. The van der Waals surface area contributed by atoms with E-state index in [1.54, 1.807) is 32.9 Å². The van der Waals surface area contributed by atoms with E-state index in [4.69, 9.17) is 4.74 Å². The van der Waals surface area contributed by atoms with Gasteiger partial charge in [-0.25, -0.2) is 9.59 Å². The van der Waals surface area contributed by atoms with Crippen molar-refractivity contribution in [2.75, 3.05) is 12.9 Å². The molecule has 0 heterocycles. The summed E-state index contributed by atoms with van der Waals surface area (Å²) in [5.74, 6) is -0.618. The van der Waals surface area contributed by atoms with Gasteiger partial charge in [-0.3, -0.25) is 10.1 Å². The van der Waals surface area contributed by atoms with E-state index in [-0.39, 0.29) is 11.4 Å². The Morgan fingerprint density at radius 3 is 2.56 bits per heavy atom. The summed E-state index contributed by atoms with van der Waals surface area (Å²) < 4.78 is 10.3. The lowest BCUT2D eigenvalue weighted by Gasteiger charge is -2.22. The third kappa shape index (κ3) is 7.30. The molecule has 0 radical (unpaired) electrons. The van der Waals surface area contributed by atoms with E-state index >= 15 is 0 Å². The highest BCUT2D eigenvalue weighted by atomic mass is 79.9. The molecule has 1 aromatic carbocycles. The fraction of sp³-hybridized carbons (Fsp3) is 0.467. The van der Waals surface area contributed by atoms with Crippen molar-refractivity contribution in [1.29, 1.82) is 0 Å². The molecule has 1 amide bonds. The van der Waals surface area contributed by atoms with Crippen molar-refractivity contribution in [3.63, 3.8) is 0 Å². The number of benzene rings is 1. The number of rotatable bonds is 6. The second kappa shape index (κ2) is 9.04. The Morgan fingerprint density at radius 2 is 2.04 bits per heavy atom. The maximum Gasteiger partial charge on any atom is 0.408 e. The number of ether oxygens (including phenoxy) is 2. The van der Waals surface area contributed by atoms with Crippen molar-refractivity contribution < 1.29 is 24.0 Å². The van der Waals surface area contributed by atoms with Crippen LogP contribution in [0.25, 0.3) is 0 Å². The molecule has 8 nitrogen and oxygen atoms in total. The monoisotopic (exact) mass is 434 g/mol. The molecule has 0 aliphatic carbocycles. The second-order valence-electron chi connectivity index (χ2n) is 5.90. The van der Waals surface area contributed by atoms with Crippen LogP contribution in [0.3, 0.4) is 0 Å².